The highest BCUT2D eigenvalue weighted by atomic mass is 16.5. The van der Waals surface area contributed by atoms with Crippen molar-refractivity contribution in [3.63, 3.8) is 0 Å². The molecule has 0 bridgehead atoms. The second kappa shape index (κ2) is 21.2. The first-order valence-corrected chi connectivity index (χ1v) is 18.7. The third-order valence-corrected chi connectivity index (χ3v) is 10.6. The van der Waals surface area contributed by atoms with E-state index >= 15 is 0 Å². The van der Waals surface area contributed by atoms with Gasteiger partial charge in [-0.1, -0.05) is 85.2 Å². The zero-order valence-electron chi connectivity index (χ0n) is 33.2. The Hall–Kier alpha value is -3.55. The fourth-order valence-electron chi connectivity index (χ4n) is 7.40. The highest BCUT2D eigenvalue weighted by Gasteiger charge is 2.43. The van der Waals surface area contributed by atoms with Gasteiger partial charge in [0.2, 0.25) is 23.6 Å². The van der Waals surface area contributed by atoms with Crippen LogP contribution in [0.4, 0.5) is 0 Å². The van der Waals surface area contributed by atoms with Gasteiger partial charge in [0.05, 0.1) is 42.7 Å². The van der Waals surface area contributed by atoms with E-state index < -0.39 is 60.2 Å². The molecule has 13 heteroatoms. The van der Waals surface area contributed by atoms with Gasteiger partial charge >= 0.3 is 5.97 Å². The first kappa shape index (κ1) is 44.6. The van der Waals surface area contributed by atoms with E-state index in [-0.39, 0.29) is 48.3 Å². The van der Waals surface area contributed by atoms with E-state index in [9.17, 15) is 29.1 Å². The van der Waals surface area contributed by atoms with Gasteiger partial charge in [-0.2, -0.15) is 0 Å². The lowest BCUT2D eigenvalue weighted by atomic mass is 9.89. The Morgan fingerprint density at radius 3 is 2.04 bits per heavy atom. The van der Waals surface area contributed by atoms with Crippen molar-refractivity contribution >= 4 is 29.6 Å². The molecule has 1 fully saturated rings. The van der Waals surface area contributed by atoms with Crippen molar-refractivity contribution in [2.75, 3.05) is 34.9 Å². The quantitative estimate of drug-likeness (QED) is 0.149. The molecule has 0 aromatic heterocycles. The Morgan fingerprint density at radius 1 is 0.923 bits per heavy atom. The summed E-state index contributed by atoms with van der Waals surface area (Å²) in [6, 6.07) is 5.84. The van der Waals surface area contributed by atoms with Crippen LogP contribution in [0.25, 0.3) is 0 Å². The van der Waals surface area contributed by atoms with E-state index in [1.807, 2.05) is 71.9 Å². The molecule has 1 aliphatic heterocycles. The molecule has 2 rings (SSSR count). The van der Waals surface area contributed by atoms with Gasteiger partial charge in [0.15, 0.2) is 0 Å². The standard InChI is InChI=1S/C39H65N5O8/c1-12-25(6)34(43(9)38(48)33(24(4)5)42-37(47)32(40-8)23(2)3)30(51-10)22-31(45)44-20-16-19-29(44)35(52-11)26(7)36(46)41-28(39(49)50)21-27-17-14-13-15-18-27/h13-15,17-18,23-26,28-30,32-35,40H,12,16,19-22H2,1-11H3,(H,41,46)(H,42,47)(H,49,50)/t25?,26-,28+,29+,30-,32+,33+,34+,35-/m1/s1. The van der Waals surface area contributed by atoms with E-state index in [2.05, 4.69) is 16.0 Å². The summed E-state index contributed by atoms with van der Waals surface area (Å²) < 4.78 is 11.8. The SMILES string of the molecule is CCC(C)[C@@H]([C@@H](CC(=O)N1CCC[C@H]1[C@H](OC)[C@@H](C)C(=O)N[C@@H](Cc1ccccc1)C(=O)O)OC)N(C)C(=O)[C@@H](NC(=O)[C@@H](NC)C(C)C)C(C)C. The molecule has 9 atom stereocenters. The fourth-order valence-corrected chi connectivity index (χ4v) is 7.40. The summed E-state index contributed by atoms with van der Waals surface area (Å²) in [4.78, 5) is 70.3. The Kier molecular flexibility index (Phi) is 18.2. The Bertz CT molecular complexity index is 1310. The average molecular weight is 732 g/mol. The molecule has 0 spiro atoms. The highest BCUT2D eigenvalue weighted by molar-refractivity contribution is 5.90. The van der Waals surface area contributed by atoms with Crippen molar-refractivity contribution in [3.05, 3.63) is 35.9 Å². The number of carbonyl (C=O) groups is 5. The Labute approximate surface area is 310 Å². The number of nitrogens with one attached hydrogen (secondary N) is 3. The molecule has 4 N–H and O–H groups in total. The first-order valence-electron chi connectivity index (χ1n) is 18.7. The van der Waals surface area contributed by atoms with Crippen LogP contribution in [0.15, 0.2) is 30.3 Å². The molecule has 1 aromatic carbocycles. The Balaban J connectivity index is 2.26. The summed E-state index contributed by atoms with van der Waals surface area (Å²) >= 11 is 0. The molecule has 294 valence electrons. The van der Waals surface area contributed by atoms with Crippen LogP contribution in [0.5, 0.6) is 0 Å². The average Bonchev–Trinajstić information content (AvgIpc) is 3.59. The monoisotopic (exact) mass is 731 g/mol. The van der Waals surface area contributed by atoms with Crippen LogP contribution < -0.4 is 16.0 Å². The largest absolute Gasteiger partial charge is 0.480 e. The number of likely N-dealkylation sites (N-methyl/N-ethyl adjacent to an activating group) is 2. The molecule has 0 aliphatic carbocycles. The number of hydrogen-bond acceptors (Lipinski definition) is 8. The lowest BCUT2D eigenvalue weighted by Crippen LogP contribution is -2.59. The number of methoxy groups -OCH3 is 2. The zero-order valence-corrected chi connectivity index (χ0v) is 33.2. The molecular weight excluding hydrogens is 666 g/mol. The number of benzene rings is 1. The van der Waals surface area contributed by atoms with Gasteiger partial charge in [0.25, 0.3) is 0 Å². The van der Waals surface area contributed by atoms with Gasteiger partial charge in [-0.3, -0.25) is 19.2 Å². The number of aliphatic carboxylic acids is 1. The Morgan fingerprint density at radius 2 is 1.54 bits per heavy atom. The number of carboxylic acid groups (broad SMARTS) is 1. The van der Waals surface area contributed by atoms with Crippen molar-refractivity contribution in [1.82, 2.24) is 25.8 Å². The van der Waals surface area contributed by atoms with Gasteiger partial charge in [0.1, 0.15) is 12.1 Å². The first-order chi connectivity index (χ1) is 24.5. The summed E-state index contributed by atoms with van der Waals surface area (Å²) in [5, 5.41) is 18.5. The lowest BCUT2D eigenvalue weighted by Gasteiger charge is -2.41. The smallest absolute Gasteiger partial charge is 0.326 e. The molecule has 13 nitrogen and oxygen atoms in total. The van der Waals surface area contributed by atoms with E-state index in [4.69, 9.17) is 9.47 Å². The van der Waals surface area contributed by atoms with Gasteiger partial charge in [-0.15, -0.1) is 0 Å². The van der Waals surface area contributed by atoms with E-state index in [0.717, 1.165) is 12.0 Å². The summed E-state index contributed by atoms with van der Waals surface area (Å²) in [6.45, 7) is 13.9. The second-order valence-electron chi connectivity index (χ2n) is 14.9. The highest BCUT2D eigenvalue weighted by Crippen LogP contribution is 2.29. The summed E-state index contributed by atoms with van der Waals surface area (Å²) in [5.41, 5.74) is 0.785. The van der Waals surface area contributed by atoms with Crippen LogP contribution in [-0.2, 0) is 39.9 Å². The van der Waals surface area contributed by atoms with Gasteiger partial charge in [0, 0.05) is 34.2 Å². The fraction of sp³-hybridized carbons (Fsp3) is 0.718. The van der Waals surface area contributed by atoms with Crippen LogP contribution in [0.3, 0.4) is 0 Å². The van der Waals surface area contributed by atoms with Crippen molar-refractivity contribution in [2.45, 2.75) is 123 Å². The second-order valence-corrected chi connectivity index (χ2v) is 14.9. The number of likely N-dealkylation sites (tertiary alicyclic amines) is 1. The molecule has 1 unspecified atom stereocenters. The summed E-state index contributed by atoms with van der Waals surface area (Å²) in [6.07, 6.45) is 0.818. The number of nitrogens with zero attached hydrogens (tertiary/aromatic N) is 2. The number of hydrogen-bond donors (Lipinski definition) is 4. The molecule has 4 amide bonds. The predicted molar refractivity (Wildman–Crippen MR) is 200 cm³/mol. The number of amides is 4. The van der Waals surface area contributed by atoms with Gasteiger partial charge in [-0.05, 0) is 43.2 Å². The van der Waals surface area contributed by atoms with Crippen LogP contribution in [0.1, 0.15) is 79.7 Å². The maximum absolute atomic E-state index is 14.1. The summed E-state index contributed by atoms with van der Waals surface area (Å²) in [7, 11) is 6.46. The normalized spacial score (nSPS) is 19.2. The molecule has 52 heavy (non-hydrogen) atoms. The predicted octanol–water partition coefficient (Wildman–Crippen LogP) is 3.10. The molecule has 0 saturated carbocycles. The van der Waals surface area contributed by atoms with Crippen LogP contribution in [0.2, 0.25) is 0 Å². The maximum atomic E-state index is 14.1. The van der Waals surface area contributed by atoms with Crippen LogP contribution in [0, 0.1) is 23.7 Å². The number of carbonyl (C=O) groups excluding carboxylic acids is 4. The third-order valence-electron chi connectivity index (χ3n) is 10.6. The molecule has 0 radical (unpaired) electrons. The number of rotatable bonds is 21. The van der Waals surface area contributed by atoms with Crippen molar-refractivity contribution in [1.29, 1.82) is 0 Å². The lowest BCUT2D eigenvalue weighted by molar-refractivity contribution is -0.148. The van der Waals surface area contributed by atoms with E-state index in [1.165, 1.54) is 14.2 Å². The number of ether oxygens (including phenoxy) is 2. The minimum absolute atomic E-state index is 0.0112. The van der Waals surface area contributed by atoms with Crippen molar-refractivity contribution < 1.29 is 38.6 Å². The molecule has 1 heterocycles. The van der Waals surface area contributed by atoms with Crippen LogP contribution >= 0.6 is 0 Å². The molecular formula is C39H65N5O8. The molecule has 1 saturated heterocycles. The van der Waals surface area contributed by atoms with Gasteiger partial charge in [-0.25, -0.2) is 4.79 Å². The summed E-state index contributed by atoms with van der Waals surface area (Å²) in [5.74, 6) is -3.27. The third kappa shape index (κ3) is 11.7. The zero-order chi connectivity index (χ0) is 39.3. The maximum Gasteiger partial charge on any atom is 0.326 e. The topological polar surface area (TPSA) is 167 Å². The van der Waals surface area contributed by atoms with Crippen molar-refractivity contribution in [2.24, 2.45) is 23.7 Å². The molecule has 1 aromatic rings. The minimum Gasteiger partial charge on any atom is -0.480 e. The van der Waals surface area contributed by atoms with E-state index in [1.54, 1.807) is 30.8 Å². The number of carboxylic acids is 1. The van der Waals surface area contributed by atoms with Gasteiger partial charge < -0.3 is 40.3 Å². The van der Waals surface area contributed by atoms with Crippen molar-refractivity contribution in [3.8, 4) is 0 Å². The van der Waals surface area contributed by atoms with E-state index in [0.29, 0.717) is 19.4 Å². The van der Waals surface area contributed by atoms with Crippen LogP contribution in [-0.4, -0.2) is 122 Å². The molecule has 1 aliphatic rings. The minimum atomic E-state index is -1.14.